The average molecular weight is 302 g/mol. The summed E-state index contributed by atoms with van der Waals surface area (Å²) in [7, 11) is 1.50. The predicted octanol–water partition coefficient (Wildman–Crippen LogP) is 0.818. The standard InChI is InChI=1S/C13H19N3O3.ClH/c1-8-3-4-9(5-11(8)13(15)18)16-12(17)6-10(7-14)19-2;/h3-5,10H,6-7,14H2,1-2H3,(H2,15,18)(H,16,17);1H. The summed E-state index contributed by atoms with van der Waals surface area (Å²) in [6, 6.07) is 5.00. The lowest BCUT2D eigenvalue weighted by atomic mass is 10.1. The van der Waals surface area contributed by atoms with Crippen LogP contribution in [0.15, 0.2) is 18.2 Å². The van der Waals surface area contributed by atoms with Crippen molar-refractivity contribution in [2.75, 3.05) is 19.0 Å². The van der Waals surface area contributed by atoms with Crippen molar-refractivity contribution in [3.63, 3.8) is 0 Å². The topological polar surface area (TPSA) is 107 Å². The molecule has 0 heterocycles. The average Bonchev–Trinajstić information content (AvgIpc) is 2.37. The molecule has 0 aliphatic heterocycles. The van der Waals surface area contributed by atoms with Crippen LogP contribution in [-0.4, -0.2) is 31.6 Å². The van der Waals surface area contributed by atoms with Crippen LogP contribution >= 0.6 is 12.4 Å². The first-order valence-corrected chi connectivity index (χ1v) is 5.91. The Labute approximate surface area is 124 Å². The van der Waals surface area contributed by atoms with E-state index in [0.717, 1.165) is 5.56 Å². The minimum atomic E-state index is -0.523. The van der Waals surface area contributed by atoms with E-state index in [-0.39, 0.29) is 37.4 Å². The van der Waals surface area contributed by atoms with Gasteiger partial charge in [0.1, 0.15) is 0 Å². The fraction of sp³-hybridized carbons (Fsp3) is 0.385. The molecule has 0 saturated heterocycles. The Hall–Kier alpha value is -1.63. The molecular formula is C13H20ClN3O3. The van der Waals surface area contributed by atoms with Crippen LogP contribution < -0.4 is 16.8 Å². The number of hydrogen-bond donors (Lipinski definition) is 3. The highest BCUT2D eigenvalue weighted by Crippen LogP contribution is 2.15. The minimum Gasteiger partial charge on any atom is -0.380 e. The lowest BCUT2D eigenvalue weighted by molar-refractivity contribution is -0.118. The Morgan fingerprint density at radius 1 is 1.40 bits per heavy atom. The van der Waals surface area contributed by atoms with Gasteiger partial charge in [0.15, 0.2) is 0 Å². The van der Waals surface area contributed by atoms with Crippen molar-refractivity contribution < 1.29 is 14.3 Å². The molecule has 6 nitrogen and oxygen atoms in total. The van der Waals surface area contributed by atoms with Gasteiger partial charge in [-0.15, -0.1) is 12.4 Å². The number of rotatable bonds is 6. The molecule has 5 N–H and O–H groups in total. The smallest absolute Gasteiger partial charge is 0.249 e. The maximum absolute atomic E-state index is 11.7. The highest BCUT2D eigenvalue weighted by atomic mass is 35.5. The van der Waals surface area contributed by atoms with Crippen LogP contribution in [-0.2, 0) is 9.53 Å². The van der Waals surface area contributed by atoms with Crippen LogP contribution in [0.5, 0.6) is 0 Å². The molecule has 1 aromatic carbocycles. The van der Waals surface area contributed by atoms with Crippen LogP contribution in [0.3, 0.4) is 0 Å². The molecule has 0 saturated carbocycles. The third kappa shape index (κ3) is 5.16. The molecule has 0 fully saturated rings. The molecule has 2 amide bonds. The highest BCUT2D eigenvalue weighted by Gasteiger charge is 2.12. The number of methoxy groups -OCH3 is 1. The molecule has 0 bridgehead atoms. The van der Waals surface area contributed by atoms with Gasteiger partial charge in [0.2, 0.25) is 11.8 Å². The second kappa shape index (κ2) is 8.52. The van der Waals surface area contributed by atoms with E-state index >= 15 is 0 Å². The Balaban J connectivity index is 0.00000361. The third-order valence-corrected chi connectivity index (χ3v) is 2.80. The fourth-order valence-electron chi connectivity index (χ4n) is 1.65. The monoisotopic (exact) mass is 301 g/mol. The summed E-state index contributed by atoms with van der Waals surface area (Å²) < 4.78 is 5.03. The predicted molar refractivity (Wildman–Crippen MR) is 80.0 cm³/mol. The summed E-state index contributed by atoms with van der Waals surface area (Å²) in [6.07, 6.45) is -0.159. The van der Waals surface area contributed by atoms with Crippen LogP contribution in [0.2, 0.25) is 0 Å². The summed E-state index contributed by atoms with van der Waals surface area (Å²) in [4.78, 5) is 22.9. The van der Waals surface area contributed by atoms with E-state index in [9.17, 15) is 9.59 Å². The number of nitrogens with two attached hydrogens (primary N) is 2. The molecule has 0 radical (unpaired) electrons. The van der Waals surface area contributed by atoms with Crippen LogP contribution in [0.25, 0.3) is 0 Å². The molecule has 0 aromatic heterocycles. The number of aryl methyl sites for hydroxylation is 1. The van der Waals surface area contributed by atoms with E-state index in [1.54, 1.807) is 25.1 Å². The lowest BCUT2D eigenvalue weighted by Crippen LogP contribution is -2.28. The minimum absolute atomic E-state index is 0. The molecule has 1 rings (SSSR count). The van der Waals surface area contributed by atoms with Gasteiger partial charge in [-0.1, -0.05) is 6.07 Å². The second-order valence-corrected chi connectivity index (χ2v) is 4.24. The number of nitrogens with one attached hydrogen (secondary N) is 1. The van der Waals surface area contributed by atoms with Gasteiger partial charge in [-0.3, -0.25) is 9.59 Å². The van der Waals surface area contributed by atoms with Crippen molar-refractivity contribution in [1.82, 2.24) is 0 Å². The zero-order chi connectivity index (χ0) is 14.4. The normalized spacial score (nSPS) is 11.3. The van der Waals surface area contributed by atoms with Crippen LogP contribution in [0.1, 0.15) is 22.3 Å². The van der Waals surface area contributed by atoms with Gasteiger partial charge in [-0.25, -0.2) is 0 Å². The molecule has 1 atom stereocenters. The second-order valence-electron chi connectivity index (χ2n) is 4.24. The van der Waals surface area contributed by atoms with E-state index < -0.39 is 5.91 Å². The largest absolute Gasteiger partial charge is 0.380 e. The van der Waals surface area contributed by atoms with E-state index in [0.29, 0.717) is 11.3 Å². The summed E-state index contributed by atoms with van der Waals surface area (Å²) in [5.74, 6) is -0.748. The SMILES string of the molecule is COC(CN)CC(=O)Nc1ccc(C)c(C(N)=O)c1.Cl. The molecule has 0 aliphatic rings. The number of benzene rings is 1. The van der Waals surface area contributed by atoms with E-state index in [2.05, 4.69) is 5.32 Å². The van der Waals surface area contributed by atoms with Gasteiger partial charge >= 0.3 is 0 Å². The number of carbonyl (C=O) groups is 2. The van der Waals surface area contributed by atoms with E-state index in [1.807, 2.05) is 0 Å². The van der Waals surface area contributed by atoms with Gasteiger partial charge < -0.3 is 21.5 Å². The van der Waals surface area contributed by atoms with Gasteiger partial charge in [0.05, 0.1) is 12.5 Å². The molecule has 20 heavy (non-hydrogen) atoms. The van der Waals surface area contributed by atoms with Crippen molar-refractivity contribution in [3.8, 4) is 0 Å². The number of ether oxygens (including phenoxy) is 1. The number of primary amides is 1. The maximum Gasteiger partial charge on any atom is 0.249 e. The lowest BCUT2D eigenvalue weighted by Gasteiger charge is -2.13. The van der Waals surface area contributed by atoms with Crippen LogP contribution in [0, 0.1) is 6.92 Å². The molecule has 1 aromatic rings. The first-order valence-electron chi connectivity index (χ1n) is 5.91. The Kier molecular flexibility index (Phi) is 7.83. The summed E-state index contributed by atoms with van der Waals surface area (Å²) in [5.41, 5.74) is 12.4. The molecule has 112 valence electrons. The van der Waals surface area contributed by atoms with Gasteiger partial charge in [0, 0.05) is 24.9 Å². The van der Waals surface area contributed by atoms with Crippen molar-refractivity contribution in [2.45, 2.75) is 19.4 Å². The van der Waals surface area contributed by atoms with Gasteiger partial charge in [-0.2, -0.15) is 0 Å². The molecule has 0 aliphatic carbocycles. The number of halogens is 1. The van der Waals surface area contributed by atoms with E-state index in [4.69, 9.17) is 16.2 Å². The quantitative estimate of drug-likeness (QED) is 0.723. The number of carbonyl (C=O) groups excluding carboxylic acids is 2. The van der Waals surface area contributed by atoms with Gasteiger partial charge in [-0.05, 0) is 24.6 Å². The number of anilines is 1. The maximum atomic E-state index is 11.7. The van der Waals surface area contributed by atoms with Crippen molar-refractivity contribution in [2.24, 2.45) is 11.5 Å². The Bertz CT molecular complexity index is 476. The van der Waals surface area contributed by atoms with E-state index in [1.165, 1.54) is 7.11 Å². The molecule has 7 heteroatoms. The third-order valence-electron chi connectivity index (χ3n) is 2.80. The van der Waals surface area contributed by atoms with Crippen molar-refractivity contribution in [1.29, 1.82) is 0 Å². The van der Waals surface area contributed by atoms with Gasteiger partial charge in [0.25, 0.3) is 0 Å². The molecule has 1 unspecified atom stereocenters. The Morgan fingerprint density at radius 3 is 2.55 bits per heavy atom. The van der Waals surface area contributed by atoms with Crippen molar-refractivity contribution in [3.05, 3.63) is 29.3 Å². The molecule has 0 spiro atoms. The zero-order valence-corrected chi connectivity index (χ0v) is 12.3. The fourth-order valence-corrected chi connectivity index (χ4v) is 1.65. The highest BCUT2D eigenvalue weighted by molar-refractivity contribution is 5.97. The summed E-state index contributed by atoms with van der Waals surface area (Å²) >= 11 is 0. The number of amides is 2. The van der Waals surface area contributed by atoms with Crippen molar-refractivity contribution >= 4 is 29.9 Å². The number of hydrogen-bond acceptors (Lipinski definition) is 4. The molecular weight excluding hydrogens is 282 g/mol. The first kappa shape index (κ1) is 18.4. The van der Waals surface area contributed by atoms with Crippen LogP contribution in [0.4, 0.5) is 5.69 Å². The Morgan fingerprint density at radius 2 is 2.05 bits per heavy atom. The first-order chi connectivity index (χ1) is 8.97. The summed E-state index contributed by atoms with van der Waals surface area (Å²) in [5, 5.41) is 2.68. The summed E-state index contributed by atoms with van der Waals surface area (Å²) in [6.45, 7) is 2.05. The zero-order valence-electron chi connectivity index (χ0n) is 11.5.